The second kappa shape index (κ2) is 5.54. The van der Waals surface area contributed by atoms with Crippen LogP contribution in [0.1, 0.15) is 24.2 Å². The van der Waals surface area contributed by atoms with Gasteiger partial charge in [0.25, 0.3) is 0 Å². The van der Waals surface area contributed by atoms with Gasteiger partial charge in [0.2, 0.25) is 5.95 Å². The zero-order chi connectivity index (χ0) is 13.0. The van der Waals surface area contributed by atoms with Crippen molar-refractivity contribution in [3.8, 4) is 0 Å². The molecular formula is C15H19N3. The van der Waals surface area contributed by atoms with Crippen molar-refractivity contribution in [1.82, 2.24) is 9.55 Å². The summed E-state index contributed by atoms with van der Waals surface area (Å²) in [4.78, 5) is 4.50. The molecule has 1 N–H and O–H groups in total. The molecule has 3 heteroatoms. The standard InChI is InChI=1S/C15H19N3/c1-4-10-18-11-12(2)16-15(18)17-13(3)14-8-6-5-7-9-14/h4-9,11,13H,1,10H2,2-3H3,(H,16,17). The summed E-state index contributed by atoms with van der Waals surface area (Å²) in [5.74, 6) is 0.892. The quantitative estimate of drug-likeness (QED) is 0.811. The summed E-state index contributed by atoms with van der Waals surface area (Å²) in [5.41, 5.74) is 2.27. The molecular weight excluding hydrogens is 222 g/mol. The molecule has 0 aliphatic heterocycles. The highest BCUT2D eigenvalue weighted by Gasteiger charge is 2.09. The monoisotopic (exact) mass is 241 g/mol. The third-order valence-electron chi connectivity index (χ3n) is 2.87. The van der Waals surface area contributed by atoms with Gasteiger partial charge in [0.15, 0.2) is 0 Å². The first kappa shape index (κ1) is 12.4. The molecule has 2 rings (SSSR count). The Kier molecular flexibility index (Phi) is 3.82. The van der Waals surface area contributed by atoms with Crippen LogP contribution in [-0.4, -0.2) is 9.55 Å². The fraction of sp³-hybridized carbons (Fsp3) is 0.267. The SMILES string of the molecule is C=CCn1cc(C)nc1NC(C)c1ccccc1. The Morgan fingerprint density at radius 2 is 2.11 bits per heavy atom. The van der Waals surface area contributed by atoms with Gasteiger partial charge < -0.3 is 9.88 Å². The van der Waals surface area contributed by atoms with E-state index in [0.29, 0.717) is 0 Å². The summed E-state index contributed by atoms with van der Waals surface area (Å²) in [6.45, 7) is 8.67. The molecule has 1 aromatic carbocycles. The summed E-state index contributed by atoms with van der Waals surface area (Å²) >= 11 is 0. The van der Waals surface area contributed by atoms with E-state index in [1.807, 2.05) is 25.3 Å². The topological polar surface area (TPSA) is 29.9 Å². The van der Waals surface area contributed by atoms with Gasteiger partial charge in [-0.25, -0.2) is 4.98 Å². The maximum atomic E-state index is 4.50. The smallest absolute Gasteiger partial charge is 0.203 e. The Labute approximate surface area is 108 Å². The lowest BCUT2D eigenvalue weighted by Crippen LogP contribution is -2.11. The highest BCUT2D eigenvalue weighted by Crippen LogP contribution is 2.18. The van der Waals surface area contributed by atoms with Crippen LogP contribution in [-0.2, 0) is 6.54 Å². The number of aryl methyl sites for hydroxylation is 1. The Morgan fingerprint density at radius 1 is 1.39 bits per heavy atom. The van der Waals surface area contributed by atoms with Gasteiger partial charge in [0, 0.05) is 12.7 Å². The van der Waals surface area contributed by atoms with Crippen molar-refractivity contribution in [2.45, 2.75) is 26.4 Å². The van der Waals surface area contributed by atoms with Gasteiger partial charge in [-0.15, -0.1) is 6.58 Å². The average Bonchev–Trinajstić information content (AvgIpc) is 2.71. The summed E-state index contributed by atoms with van der Waals surface area (Å²) < 4.78 is 2.07. The average molecular weight is 241 g/mol. The minimum absolute atomic E-state index is 0.233. The van der Waals surface area contributed by atoms with Gasteiger partial charge in [0.05, 0.1) is 11.7 Å². The summed E-state index contributed by atoms with van der Waals surface area (Å²) in [5, 5.41) is 3.44. The summed E-state index contributed by atoms with van der Waals surface area (Å²) in [6.07, 6.45) is 3.90. The van der Waals surface area contributed by atoms with Crippen LogP contribution in [0, 0.1) is 6.92 Å². The zero-order valence-electron chi connectivity index (χ0n) is 10.9. The predicted octanol–water partition coefficient (Wildman–Crippen LogP) is 3.55. The molecule has 0 amide bonds. The molecule has 1 atom stereocenters. The second-order valence-corrected chi connectivity index (χ2v) is 4.42. The first-order chi connectivity index (χ1) is 8.70. The van der Waals surface area contributed by atoms with Gasteiger partial charge in [-0.1, -0.05) is 36.4 Å². The Morgan fingerprint density at radius 3 is 2.78 bits per heavy atom. The molecule has 0 saturated heterocycles. The molecule has 2 aromatic rings. The van der Waals surface area contributed by atoms with Crippen LogP contribution in [0.15, 0.2) is 49.2 Å². The second-order valence-electron chi connectivity index (χ2n) is 4.42. The first-order valence-electron chi connectivity index (χ1n) is 6.17. The molecule has 3 nitrogen and oxygen atoms in total. The van der Waals surface area contributed by atoms with E-state index in [9.17, 15) is 0 Å². The largest absolute Gasteiger partial charge is 0.349 e. The van der Waals surface area contributed by atoms with Crippen LogP contribution in [0.4, 0.5) is 5.95 Å². The minimum Gasteiger partial charge on any atom is -0.349 e. The molecule has 0 fully saturated rings. The maximum absolute atomic E-state index is 4.50. The van der Waals surface area contributed by atoms with E-state index in [2.05, 4.69) is 52.6 Å². The number of rotatable bonds is 5. The number of nitrogens with zero attached hydrogens (tertiary/aromatic N) is 2. The molecule has 0 radical (unpaired) electrons. The first-order valence-corrected chi connectivity index (χ1v) is 6.17. The number of benzene rings is 1. The van der Waals surface area contributed by atoms with Crippen LogP contribution in [0.3, 0.4) is 0 Å². The van der Waals surface area contributed by atoms with Crippen LogP contribution in [0.25, 0.3) is 0 Å². The van der Waals surface area contributed by atoms with Gasteiger partial charge in [-0.2, -0.15) is 0 Å². The van der Waals surface area contributed by atoms with Crippen molar-refractivity contribution in [1.29, 1.82) is 0 Å². The lowest BCUT2D eigenvalue weighted by atomic mass is 10.1. The van der Waals surface area contributed by atoms with E-state index in [-0.39, 0.29) is 6.04 Å². The summed E-state index contributed by atoms with van der Waals surface area (Å²) in [7, 11) is 0. The molecule has 1 heterocycles. The Bertz CT molecular complexity index is 514. The van der Waals surface area contributed by atoms with Gasteiger partial charge in [-0.3, -0.25) is 0 Å². The zero-order valence-corrected chi connectivity index (χ0v) is 10.9. The lowest BCUT2D eigenvalue weighted by Gasteiger charge is -2.15. The molecule has 0 saturated carbocycles. The Balaban J connectivity index is 2.16. The van der Waals surface area contributed by atoms with E-state index in [1.54, 1.807) is 0 Å². The van der Waals surface area contributed by atoms with Crippen LogP contribution in [0.2, 0.25) is 0 Å². The molecule has 0 bridgehead atoms. The number of nitrogens with one attached hydrogen (secondary N) is 1. The number of allylic oxidation sites excluding steroid dienone is 1. The number of aromatic nitrogens is 2. The highest BCUT2D eigenvalue weighted by molar-refractivity contribution is 5.34. The van der Waals surface area contributed by atoms with E-state index in [1.165, 1.54) is 5.56 Å². The summed E-state index contributed by atoms with van der Waals surface area (Å²) in [6, 6.07) is 10.6. The van der Waals surface area contributed by atoms with Crippen molar-refractivity contribution in [2.24, 2.45) is 0 Å². The van der Waals surface area contributed by atoms with E-state index >= 15 is 0 Å². The van der Waals surface area contributed by atoms with Crippen molar-refractivity contribution >= 4 is 5.95 Å². The normalized spacial score (nSPS) is 12.1. The van der Waals surface area contributed by atoms with E-state index in [0.717, 1.165) is 18.2 Å². The highest BCUT2D eigenvalue weighted by atomic mass is 15.2. The van der Waals surface area contributed by atoms with Crippen molar-refractivity contribution < 1.29 is 0 Å². The minimum atomic E-state index is 0.233. The molecule has 0 aliphatic carbocycles. The van der Waals surface area contributed by atoms with Gasteiger partial charge in [0.1, 0.15) is 0 Å². The molecule has 94 valence electrons. The fourth-order valence-corrected chi connectivity index (χ4v) is 1.96. The number of hydrogen-bond acceptors (Lipinski definition) is 2. The molecule has 1 aromatic heterocycles. The molecule has 1 unspecified atom stereocenters. The van der Waals surface area contributed by atoms with Crippen LogP contribution < -0.4 is 5.32 Å². The Hall–Kier alpha value is -2.03. The maximum Gasteiger partial charge on any atom is 0.203 e. The van der Waals surface area contributed by atoms with E-state index in [4.69, 9.17) is 0 Å². The third kappa shape index (κ3) is 2.80. The third-order valence-corrected chi connectivity index (χ3v) is 2.87. The molecule has 18 heavy (non-hydrogen) atoms. The van der Waals surface area contributed by atoms with Crippen LogP contribution in [0.5, 0.6) is 0 Å². The van der Waals surface area contributed by atoms with Crippen molar-refractivity contribution in [2.75, 3.05) is 5.32 Å². The van der Waals surface area contributed by atoms with Crippen molar-refractivity contribution in [3.63, 3.8) is 0 Å². The molecule has 0 aliphatic rings. The number of hydrogen-bond donors (Lipinski definition) is 1. The predicted molar refractivity (Wildman–Crippen MR) is 75.6 cm³/mol. The lowest BCUT2D eigenvalue weighted by molar-refractivity contribution is 0.784. The van der Waals surface area contributed by atoms with E-state index < -0.39 is 0 Å². The van der Waals surface area contributed by atoms with Gasteiger partial charge in [-0.05, 0) is 19.4 Å². The number of anilines is 1. The molecule has 0 spiro atoms. The van der Waals surface area contributed by atoms with Gasteiger partial charge >= 0.3 is 0 Å². The number of imidazole rings is 1. The fourth-order valence-electron chi connectivity index (χ4n) is 1.96. The van der Waals surface area contributed by atoms with Crippen molar-refractivity contribution in [3.05, 3.63) is 60.4 Å². The van der Waals surface area contributed by atoms with Crippen LogP contribution >= 0.6 is 0 Å².